The van der Waals surface area contributed by atoms with E-state index in [0.29, 0.717) is 0 Å². The molecule has 0 aliphatic carbocycles. The first kappa shape index (κ1) is 13.3. The molecule has 1 aromatic heterocycles. The van der Waals surface area contributed by atoms with Gasteiger partial charge in [-0.3, -0.25) is 0 Å². The van der Waals surface area contributed by atoms with Crippen LogP contribution in [0.3, 0.4) is 0 Å². The zero-order valence-corrected chi connectivity index (χ0v) is 11.5. The minimum absolute atomic E-state index is 0.154. The molecule has 18 heavy (non-hydrogen) atoms. The number of aromatic nitrogens is 1. The number of morpholine rings is 1. The lowest BCUT2D eigenvalue weighted by atomic mass is 10.1. The quantitative estimate of drug-likeness (QED) is 0.809. The minimum atomic E-state index is -0.213. The predicted molar refractivity (Wildman–Crippen MR) is 70.5 cm³/mol. The lowest BCUT2D eigenvalue weighted by Gasteiger charge is -2.36. The first-order chi connectivity index (χ1) is 8.45. The van der Waals surface area contributed by atoms with Gasteiger partial charge in [0.15, 0.2) is 0 Å². The topological polar surface area (TPSA) is 25.4 Å². The summed E-state index contributed by atoms with van der Waals surface area (Å²) >= 11 is 0. The highest BCUT2D eigenvalue weighted by Gasteiger charge is 2.23. The fraction of sp³-hybridized carbons (Fsp3) is 0.643. The maximum Gasteiger partial charge on any atom is 0.131 e. The number of hydrogen-bond donors (Lipinski definition) is 0. The van der Waals surface area contributed by atoms with Gasteiger partial charge in [0.05, 0.1) is 12.2 Å². The van der Waals surface area contributed by atoms with Gasteiger partial charge in [0.2, 0.25) is 0 Å². The van der Waals surface area contributed by atoms with Crippen LogP contribution in [0.1, 0.15) is 39.3 Å². The summed E-state index contributed by atoms with van der Waals surface area (Å²) in [7, 11) is 0. The van der Waals surface area contributed by atoms with Crippen molar-refractivity contribution in [2.45, 2.75) is 45.8 Å². The Morgan fingerprint density at radius 2 is 1.89 bits per heavy atom. The molecule has 1 aliphatic heterocycles. The summed E-state index contributed by atoms with van der Waals surface area (Å²) in [5.74, 6) is 0.742. The van der Waals surface area contributed by atoms with Crippen molar-refractivity contribution in [3.05, 3.63) is 23.6 Å². The molecule has 1 fully saturated rings. The molecule has 0 amide bonds. The van der Waals surface area contributed by atoms with Gasteiger partial charge in [-0.1, -0.05) is 13.8 Å². The Morgan fingerprint density at radius 1 is 1.28 bits per heavy atom. The van der Waals surface area contributed by atoms with Gasteiger partial charge in [-0.05, 0) is 25.8 Å². The van der Waals surface area contributed by atoms with E-state index < -0.39 is 0 Å². The van der Waals surface area contributed by atoms with Crippen LogP contribution in [0.2, 0.25) is 0 Å². The number of ether oxygens (including phenoxy) is 1. The molecule has 4 heteroatoms. The van der Waals surface area contributed by atoms with E-state index in [2.05, 4.69) is 9.88 Å². The second kappa shape index (κ2) is 5.22. The van der Waals surface area contributed by atoms with Crippen molar-refractivity contribution < 1.29 is 9.13 Å². The Balaban J connectivity index is 2.26. The van der Waals surface area contributed by atoms with Crippen LogP contribution in [0.25, 0.3) is 0 Å². The molecule has 2 rings (SSSR count). The van der Waals surface area contributed by atoms with Crippen LogP contribution in [0.5, 0.6) is 0 Å². The van der Waals surface area contributed by atoms with E-state index in [1.807, 2.05) is 27.7 Å². The smallest absolute Gasteiger partial charge is 0.131 e. The van der Waals surface area contributed by atoms with Crippen LogP contribution in [0.4, 0.5) is 10.2 Å². The van der Waals surface area contributed by atoms with Crippen molar-refractivity contribution in [3.8, 4) is 0 Å². The monoisotopic (exact) mass is 252 g/mol. The highest BCUT2D eigenvalue weighted by atomic mass is 19.1. The molecule has 2 heterocycles. The van der Waals surface area contributed by atoms with Crippen LogP contribution in [0.15, 0.2) is 12.1 Å². The van der Waals surface area contributed by atoms with Crippen molar-refractivity contribution >= 4 is 5.82 Å². The summed E-state index contributed by atoms with van der Waals surface area (Å²) in [5, 5.41) is 0. The van der Waals surface area contributed by atoms with Crippen molar-refractivity contribution in [3.63, 3.8) is 0 Å². The van der Waals surface area contributed by atoms with Crippen molar-refractivity contribution in [2.24, 2.45) is 0 Å². The van der Waals surface area contributed by atoms with Gasteiger partial charge >= 0.3 is 0 Å². The Kier molecular flexibility index (Phi) is 3.85. The third-order valence-electron chi connectivity index (χ3n) is 3.13. The Morgan fingerprint density at radius 3 is 2.44 bits per heavy atom. The molecular weight excluding hydrogens is 231 g/mol. The van der Waals surface area contributed by atoms with E-state index in [-0.39, 0.29) is 23.9 Å². The van der Waals surface area contributed by atoms with Gasteiger partial charge in [-0.2, -0.15) is 0 Å². The van der Waals surface area contributed by atoms with Crippen LogP contribution in [0, 0.1) is 5.82 Å². The molecule has 0 spiro atoms. The molecule has 100 valence electrons. The zero-order valence-electron chi connectivity index (χ0n) is 11.5. The number of nitrogens with zero attached hydrogens (tertiary/aromatic N) is 2. The summed E-state index contributed by atoms with van der Waals surface area (Å²) in [6.07, 6.45) is 0.308. The highest BCUT2D eigenvalue weighted by Crippen LogP contribution is 2.22. The highest BCUT2D eigenvalue weighted by molar-refractivity contribution is 5.41. The Labute approximate surface area is 108 Å². The van der Waals surface area contributed by atoms with Gasteiger partial charge < -0.3 is 9.64 Å². The second-order valence-corrected chi connectivity index (χ2v) is 5.39. The van der Waals surface area contributed by atoms with E-state index in [0.717, 1.165) is 24.6 Å². The number of anilines is 1. The fourth-order valence-electron chi connectivity index (χ4n) is 2.33. The van der Waals surface area contributed by atoms with E-state index in [1.54, 1.807) is 0 Å². The molecule has 2 atom stereocenters. The molecule has 1 saturated heterocycles. The molecule has 0 radical (unpaired) electrons. The first-order valence-corrected chi connectivity index (χ1v) is 6.53. The number of pyridine rings is 1. The van der Waals surface area contributed by atoms with E-state index in [4.69, 9.17) is 4.74 Å². The van der Waals surface area contributed by atoms with Gasteiger partial charge in [-0.15, -0.1) is 0 Å². The van der Waals surface area contributed by atoms with Crippen LogP contribution < -0.4 is 4.90 Å². The third-order valence-corrected chi connectivity index (χ3v) is 3.13. The second-order valence-electron chi connectivity index (χ2n) is 5.39. The molecule has 1 aromatic rings. The van der Waals surface area contributed by atoms with Crippen molar-refractivity contribution in [2.75, 3.05) is 18.0 Å². The molecule has 0 saturated carbocycles. The number of rotatable bonds is 2. The standard InChI is InChI=1S/C14H21FN2O/c1-9(2)13-5-12(15)6-14(16-13)17-7-10(3)18-11(4)8-17/h5-6,9-11H,7-8H2,1-4H3/t10-,11+. The average molecular weight is 252 g/mol. The zero-order chi connectivity index (χ0) is 13.3. The van der Waals surface area contributed by atoms with Crippen molar-refractivity contribution in [1.29, 1.82) is 0 Å². The normalized spacial score (nSPS) is 24.7. The summed E-state index contributed by atoms with van der Waals surface area (Å²) < 4.78 is 19.3. The molecular formula is C14H21FN2O. The summed E-state index contributed by atoms with van der Waals surface area (Å²) in [6.45, 7) is 9.64. The maximum atomic E-state index is 13.6. The van der Waals surface area contributed by atoms with E-state index in [9.17, 15) is 4.39 Å². The average Bonchev–Trinajstić information content (AvgIpc) is 2.26. The van der Waals surface area contributed by atoms with Crippen molar-refractivity contribution in [1.82, 2.24) is 4.98 Å². The largest absolute Gasteiger partial charge is 0.372 e. The summed E-state index contributed by atoms with van der Waals surface area (Å²) in [5.41, 5.74) is 0.803. The first-order valence-electron chi connectivity index (χ1n) is 6.53. The molecule has 1 aliphatic rings. The lowest BCUT2D eigenvalue weighted by Crippen LogP contribution is -2.46. The van der Waals surface area contributed by atoms with Gasteiger partial charge in [0.1, 0.15) is 11.6 Å². The molecule has 0 aromatic carbocycles. The van der Waals surface area contributed by atoms with Crippen LogP contribution in [-0.4, -0.2) is 30.3 Å². The molecule has 3 nitrogen and oxygen atoms in total. The van der Waals surface area contributed by atoms with Gasteiger partial charge in [-0.25, -0.2) is 9.37 Å². The summed E-state index contributed by atoms with van der Waals surface area (Å²) in [4.78, 5) is 6.66. The maximum absolute atomic E-state index is 13.6. The Bertz CT molecular complexity index is 412. The van der Waals surface area contributed by atoms with Crippen LogP contribution >= 0.6 is 0 Å². The molecule has 0 unspecified atom stereocenters. The number of hydrogen-bond acceptors (Lipinski definition) is 3. The predicted octanol–water partition coefficient (Wildman–Crippen LogP) is 2.96. The van der Waals surface area contributed by atoms with E-state index >= 15 is 0 Å². The number of halogens is 1. The SMILES string of the molecule is CC(C)c1cc(F)cc(N2C[C@@H](C)O[C@@H](C)C2)n1. The van der Waals surface area contributed by atoms with Crippen LogP contribution in [-0.2, 0) is 4.74 Å². The Hall–Kier alpha value is -1.16. The summed E-state index contributed by atoms with van der Waals surface area (Å²) in [6, 6.07) is 3.03. The van der Waals surface area contributed by atoms with E-state index in [1.165, 1.54) is 12.1 Å². The third kappa shape index (κ3) is 2.99. The molecule has 0 bridgehead atoms. The fourth-order valence-corrected chi connectivity index (χ4v) is 2.33. The minimum Gasteiger partial charge on any atom is -0.372 e. The molecule has 0 N–H and O–H groups in total. The lowest BCUT2D eigenvalue weighted by molar-refractivity contribution is -0.00549. The van der Waals surface area contributed by atoms with Gasteiger partial charge in [0, 0.05) is 24.8 Å². The van der Waals surface area contributed by atoms with Gasteiger partial charge in [0.25, 0.3) is 0 Å².